The van der Waals surface area contributed by atoms with Crippen molar-refractivity contribution in [1.82, 2.24) is 0 Å². The van der Waals surface area contributed by atoms with Crippen LogP contribution in [0.1, 0.15) is 323 Å². The number of hydrogen-bond donors (Lipinski definition) is 0. The second-order valence-electron chi connectivity index (χ2n) is 19.9. The Kier molecular flexibility index (Phi) is 53.7. The molecule has 0 aliphatic carbocycles. The van der Waals surface area contributed by atoms with Crippen LogP contribution in [-0.2, 0) is 28.6 Å². The number of carbonyl (C=O) groups is 3. The zero-order valence-electron chi connectivity index (χ0n) is 44.5. The quantitative estimate of drug-likeness (QED) is 0.0262. The topological polar surface area (TPSA) is 78.9 Å². The molecular formula is C60H112O6. The lowest BCUT2D eigenvalue weighted by atomic mass is 10.0. The van der Waals surface area contributed by atoms with Crippen molar-refractivity contribution in [2.45, 2.75) is 329 Å². The highest BCUT2D eigenvalue weighted by molar-refractivity contribution is 5.71. The van der Waals surface area contributed by atoms with Crippen LogP contribution in [0.25, 0.3) is 0 Å². The van der Waals surface area contributed by atoms with Crippen LogP contribution in [0.15, 0.2) is 24.3 Å². The molecule has 388 valence electrons. The van der Waals surface area contributed by atoms with Crippen LogP contribution in [0.5, 0.6) is 0 Å². The smallest absolute Gasteiger partial charge is 0.306 e. The third-order valence-corrected chi connectivity index (χ3v) is 13.2. The average molecular weight is 930 g/mol. The van der Waals surface area contributed by atoms with E-state index in [0.29, 0.717) is 19.3 Å². The molecule has 0 radical (unpaired) electrons. The van der Waals surface area contributed by atoms with E-state index in [4.69, 9.17) is 14.2 Å². The van der Waals surface area contributed by atoms with Crippen molar-refractivity contribution in [2.24, 2.45) is 0 Å². The summed E-state index contributed by atoms with van der Waals surface area (Å²) in [6.45, 7) is 6.59. The Morgan fingerprint density at radius 3 is 0.758 bits per heavy atom. The third kappa shape index (κ3) is 52.9. The number of unbranched alkanes of at least 4 members (excludes halogenated alkanes) is 39. The molecule has 0 aromatic rings. The van der Waals surface area contributed by atoms with E-state index in [9.17, 15) is 14.4 Å². The number of rotatable bonds is 54. The zero-order valence-corrected chi connectivity index (χ0v) is 44.5. The van der Waals surface area contributed by atoms with Crippen molar-refractivity contribution in [3.63, 3.8) is 0 Å². The molecule has 0 aromatic heterocycles. The molecule has 0 fully saturated rings. The SMILES string of the molecule is CCCCCCCCC/C=C\CCCCCCCC(=O)OC(COC(=O)CCCCCCC)COC(=O)CCCCCCCCCCCCCCCCC/C=C\CCCCCCCCCC. The van der Waals surface area contributed by atoms with Gasteiger partial charge in [-0.2, -0.15) is 0 Å². The molecule has 0 saturated heterocycles. The van der Waals surface area contributed by atoms with Gasteiger partial charge in [-0.1, -0.05) is 257 Å². The lowest BCUT2D eigenvalue weighted by Crippen LogP contribution is -2.30. The summed E-state index contributed by atoms with van der Waals surface area (Å²) in [7, 11) is 0. The molecule has 0 aliphatic heterocycles. The minimum Gasteiger partial charge on any atom is -0.462 e. The Bertz CT molecular complexity index is 1070. The van der Waals surface area contributed by atoms with Gasteiger partial charge in [0.25, 0.3) is 0 Å². The first-order chi connectivity index (χ1) is 32.5. The summed E-state index contributed by atoms with van der Waals surface area (Å²) < 4.78 is 16.7. The highest BCUT2D eigenvalue weighted by Gasteiger charge is 2.19. The van der Waals surface area contributed by atoms with E-state index in [1.807, 2.05) is 0 Å². The highest BCUT2D eigenvalue weighted by atomic mass is 16.6. The molecule has 6 heteroatoms. The Balaban J connectivity index is 3.99. The lowest BCUT2D eigenvalue weighted by Gasteiger charge is -2.18. The van der Waals surface area contributed by atoms with E-state index >= 15 is 0 Å². The maximum atomic E-state index is 12.8. The summed E-state index contributed by atoms with van der Waals surface area (Å²) in [4.78, 5) is 37.8. The maximum Gasteiger partial charge on any atom is 0.306 e. The van der Waals surface area contributed by atoms with Crippen LogP contribution in [-0.4, -0.2) is 37.2 Å². The minimum atomic E-state index is -0.769. The van der Waals surface area contributed by atoms with E-state index < -0.39 is 6.10 Å². The number of allylic oxidation sites excluding steroid dienone is 4. The van der Waals surface area contributed by atoms with Gasteiger partial charge in [0.2, 0.25) is 0 Å². The van der Waals surface area contributed by atoms with Crippen LogP contribution >= 0.6 is 0 Å². The molecule has 1 unspecified atom stereocenters. The molecule has 0 aliphatic rings. The van der Waals surface area contributed by atoms with E-state index in [1.54, 1.807) is 0 Å². The molecule has 66 heavy (non-hydrogen) atoms. The van der Waals surface area contributed by atoms with Crippen molar-refractivity contribution in [1.29, 1.82) is 0 Å². The normalized spacial score (nSPS) is 12.1. The van der Waals surface area contributed by atoms with Gasteiger partial charge in [-0.3, -0.25) is 14.4 Å². The van der Waals surface area contributed by atoms with Gasteiger partial charge in [0.15, 0.2) is 6.10 Å². The Hall–Kier alpha value is -2.11. The molecule has 6 nitrogen and oxygen atoms in total. The molecule has 0 aromatic carbocycles. The summed E-state index contributed by atoms with van der Waals surface area (Å²) >= 11 is 0. The molecule has 1 atom stereocenters. The summed E-state index contributed by atoms with van der Waals surface area (Å²) in [6.07, 6.45) is 65.2. The molecule has 0 amide bonds. The van der Waals surface area contributed by atoms with E-state index in [1.165, 1.54) is 212 Å². The first kappa shape index (κ1) is 63.9. The van der Waals surface area contributed by atoms with E-state index in [0.717, 1.165) is 70.6 Å². The summed E-state index contributed by atoms with van der Waals surface area (Å²) in [5, 5.41) is 0. The first-order valence-corrected chi connectivity index (χ1v) is 29.3. The molecule has 0 bridgehead atoms. The van der Waals surface area contributed by atoms with Gasteiger partial charge in [-0.15, -0.1) is 0 Å². The monoisotopic (exact) mass is 929 g/mol. The lowest BCUT2D eigenvalue weighted by molar-refractivity contribution is -0.167. The van der Waals surface area contributed by atoms with Gasteiger partial charge in [0.05, 0.1) is 0 Å². The largest absolute Gasteiger partial charge is 0.462 e. The van der Waals surface area contributed by atoms with E-state index in [-0.39, 0.29) is 31.1 Å². The van der Waals surface area contributed by atoms with Crippen molar-refractivity contribution < 1.29 is 28.6 Å². The molecular weight excluding hydrogens is 817 g/mol. The number of carbonyl (C=O) groups excluding carboxylic acids is 3. The third-order valence-electron chi connectivity index (χ3n) is 13.2. The zero-order chi connectivity index (χ0) is 47.9. The molecule has 0 rings (SSSR count). The van der Waals surface area contributed by atoms with Crippen molar-refractivity contribution in [3.8, 4) is 0 Å². The number of ether oxygens (including phenoxy) is 3. The van der Waals surface area contributed by atoms with Gasteiger partial charge in [-0.05, 0) is 70.6 Å². The van der Waals surface area contributed by atoms with Crippen LogP contribution in [0.4, 0.5) is 0 Å². The van der Waals surface area contributed by atoms with Gasteiger partial charge >= 0.3 is 17.9 Å². The molecule has 0 saturated carbocycles. The minimum absolute atomic E-state index is 0.0713. The summed E-state index contributed by atoms with van der Waals surface area (Å²) in [5.41, 5.74) is 0. The fourth-order valence-corrected chi connectivity index (χ4v) is 8.73. The van der Waals surface area contributed by atoms with Gasteiger partial charge in [0.1, 0.15) is 13.2 Å². The van der Waals surface area contributed by atoms with Gasteiger partial charge in [0, 0.05) is 19.3 Å². The predicted octanol–water partition coefficient (Wildman–Crippen LogP) is 19.5. The predicted molar refractivity (Wildman–Crippen MR) is 284 cm³/mol. The van der Waals surface area contributed by atoms with Crippen LogP contribution in [0, 0.1) is 0 Å². The molecule has 0 heterocycles. The molecule has 0 spiro atoms. The maximum absolute atomic E-state index is 12.8. The Morgan fingerprint density at radius 1 is 0.288 bits per heavy atom. The standard InChI is InChI=1S/C60H112O6/c1-4-7-10-13-15-17-19-21-23-25-26-27-28-29-30-31-32-33-34-35-37-38-40-42-44-47-50-53-59(62)65-56-57(55-64-58(61)52-49-46-12-9-6-3)66-60(63)54-51-48-45-43-41-39-36-24-22-20-18-16-14-11-8-5-2/h24-26,36,57H,4-23,27-35,37-56H2,1-3H3/b26-25-,36-24-. The van der Waals surface area contributed by atoms with Crippen LogP contribution in [0.3, 0.4) is 0 Å². The Labute approximate surface area is 411 Å². The number of hydrogen-bond acceptors (Lipinski definition) is 6. The Morgan fingerprint density at radius 2 is 0.500 bits per heavy atom. The molecule has 0 N–H and O–H groups in total. The number of esters is 3. The summed E-state index contributed by atoms with van der Waals surface area (Å²) in [6, 6.07) is 0. The van der Waals surface area contributed by atoms with E-state index in [2.05, 4.69) is 45.1 Å². The van der Waals surface area contributed by atoms with Gasteiger partial charge in [-0.25, -0.2) is 0 Å². The fraction of sp³-hybridized carbons (Fsp3) is 0.883. The van der Waals surface area contributed by atoms with Crippen molar-refractivity contribution in [3.05, 3.63) is 24.3 Å². The summed E-state index contributed by atoms with van der Waals surface area (Å²) in [5.74, 6) is -0.878. The van der Waals surface area contributed by atoms with Crippen LogP contribution in [0.2, 0.25) is 0 Å². The van der Waals surface area contributed by atoms with Crippen LogP contribution < -0.4 is 0 Å². The second kappa shape index (κ2) is 55.5. The van der Waals surface area contributed by atoms with Crippen molar-refractivity contribution >= 4 is 17.9 Å². The first-order valence-electron chi connectivity index (χ1n) is 29.3. The highest BCUT2D eigenvalue weighted by Crippen LogP contribution is 2.17. The fourth-order valence-electron chi connectivity index (χ4n) is 8.73. The average Bonchev–Trinajstić information content (AvgIpc) is 3.31. The van der Waals surface area contributed by atoms with Gasteiger partial charge < -0.3 is 14.2 Å². The second-order valence-corrected chi connectivity index (χ2v) is 19.9. The van der Waals surface area contributed by atoms with Crippen molar-refractivity contribution in [2.75, 3.05) is 13.2 Å².